The molecule has 1 N–H and O–H groups in total. The SMILES string of the molecule is CCOc1cc(CNC2CCCCCC2)c(Cl)cc1OCc1ccccc1C. The normalized spacial score (nSPS) is 15.2. The van der Waals surface area contributed by atoms with E-state index in [1.807, 2.05) is 31.2 Å². The molecule has 1 aliphatic rings. The van der Waals surface area contributed by atoms with Crippen molar-refractivity contribution in [1.82, 2.24) is 5.32 Å². The van der Waals surface area contributed by atoms with Gasteiger partial charge < -0.3 is 14.8 Å². The number of nitrogens with one attached hydrogen (secondary N) is 1. The van der Waals surface area contributed by atoms with Crippen LogP contribution in [-0.2, 0) is 13.2 Å². The van der Waals surface area contributed by atoms with Gasteiger partial charge in [-0.3, -0.25) is 0 Å². The lowest BCUT2D eigenvalue weighted by Gasteiger charge is -2.19. The predicted molar refractivity (Wildman–Crippen MR) is 116 cm³/mol. The highest BCUT2D eigenvalue weighted by Gasteiger charge is 2.15. The van der Waals surface area contributed by atoms with E-state index < -0.39 is 0 Å². The number of halogens is 1. The lowest BCUT2D eigenvalue weighted by molar-refractivity contribution is 0.268. The van der Waals surface area contributed by atoms with E-state index in [0.717, 1.165) is 22.9 Å². The standard InChI is InChI=1S/C24H32ClNO2/c1-3-27-23-14-20(16-26-21-12-6-4-5-7-13-21)22(25)15-24(23)28-17-19-11-9-8-10-18(19)2/h8-11,14-15,21,26H,3-7,12-13,16-17H2,1-2H3. The van der Waals surface area contributed by atoms with E-state index >= 15 is 0 Å². The van der Waals surface area contributed by atoms with Crippen LogP contribution in [0, 0.1) is 6.92 Å². The van der Waals surface area contributed by atoms with Crippen LogP contribution >= 0.6 is 11.6 Å². The van der Waals surface area contributed by atoms with Gasteiger partial charge in [0.25, 0.3) is 0 Å². The molecule has 4 heteroatoms. The average molecular weight is 402 g/mol. The molecule has 2 aromatic rings. The molecule has 0 unspecified atom stereocenters. The number of rotatable bonds is 8. The fourth-order valence-electron chi connectivity index (χ4n) is 3.76. The van der Waals surface area contributed by atoms with Gasteiger partial charge in [0.2, 0.25) is 0 Å². The van der Waals surface area contributed by atoms with Gasteiger partial charge in [-0.15, -0.1) is 0 Å². The summed E-state index contributed by atoms with van der Waals surface area (Å²) in [5.41, 5.74) is 3.45. The van der Waals surface area contributed by atoms with Crippen LogP contribution in [0.3, 0.4) is 0 Å². The first-order chi connectivity index (χ1) is 13.7. The zero-order valence-corrected chi connectivity index (χ0v) is 17.9. The Labute approximate surface area is 174 Å². The van der Waals surface area contributed by atoms with Gasteiger partial charge in [-0.25, -0.2) is 0 Å². The maximum atomic E-state index is 6.59. The van der Waals surface area contributed by atoms with Gasteiger partial charge in [0.15, 0.2) is 11.5 Å². The van der Waals surface area contributed by atoms with Gasteiger partial charge in [-0.05, 0) is 49.4 Å². The summed E-state index contributed by atoms with van der Waals surface area (Å²) in [6.07, 6.45) is 7.88. The van der Waals surface area contributed by atoms with Crippen LogP contribution in [0.25, 0.3) is 0 Å². The summed E-state index contributed by atoms with van der Waals surface area (Å²) in [4.78, 5) is 0. The van der Waals surface area contributed by atoms with Gasteiger partial charge >= 0.3 is 0 Å². The average Bonchev–Trinajstić information content (AvgIpc) is 2.97. The topological polar surface area (TPSA) is 30.5 Å². The number of aryl methyl sites for hydroxylation is 1. The van der Waals surface area contributed by atoms with E-state index in [4.69, 9.17) is 21.1 Å². The first-order valence-corrected chi connectivity index (χ1v) is 10.9. The Balaban J connectivity index is 1.69. The smallest absolute Gasteiger partial charge is 0.163 e. The van der Waals surface area contributed by atoms with E-state index in [1.165, 1.54) is 49.7 Å². The minimum absolute atomic E-state index is 0.503. The van der Waals surface area contributed by atoms with Crippen LogP contribution in [-0.4, -0.2) is 12.6 Å². The highest BCUT2D eigenvalue weighted by molar-refractivity contribution is 6.31. The van der Waals surface area contributed by atoms with E-state index in [1.54, 1.807) is 0 Å². The molecule has 0 radical (unpaired) electrons. The van der Waals surface area contributed by atoms with E-state index in [9.17, 15) is 0 Å². The van der Waals surface area contributed by atoms with Crippen LogP contribution in [0.2, 0.25) is 5.02 Å². The second-order valence-electron chi connectivity index (χ2n) is 7.61. The number of hydrogen-bond acceptors (Lipinski definition) is 3. The highest BCUT2D eigenvalue weighted by Crippen LogP contribution is 2.34. The van der Waals surface area contributed by atoms with E-state index in [0.29, 0.717) is 25.0 Å². The van der Waals surface area contributed by atoms with Crippen LogP contribution < -0.4 is 14.8 Å². The van der Waals surface area contributed by atoms with Crippen molar-refractivity contribution in [2.45, 2.75) is 71.6 Å². The highest BCUT2D eigenvalue weighted by atomic mass is 35.5. The molecule has 0 saturated heterocycles. The quantitative estimate of drug-likeness (QED) is 0.516. The van der Waals surface area contributed by atoms with Gasteiger partial charge in [0.05, 0.1) is 6.61 Å². The molecule has 0 aromatic heterocycles. The Morgan fingerprint density at radius 3 is 2.39 bits per heavy atom. The fraction of sp³-hybridized carbons (Fsp3) is 0.500. The third kappa shape index (κ3) is 5.89. The predicted octanol–water partition coefficient (Wildman–Crippen LogP) is 6.44. The molecule has 0 aliphatic heterocycles. The molecular weight excluding hydrogens is 370 g/mol. The fourth-order valence-corrected chi connectivity index (χ4v) is 3.98. The first-order valence-electron chi connectivity index (χ1n) is 10.5. The van der Waals surface area contributed by atoms with Gasteiger partial charge in [0, 0.05) is 23.7 Å². The molecule has 1 fully saturated rings. The Hall–Kier alpha value is -1.71. The Morgan fingerprint density at radius 1 is 0.964 bits per heavy atom. The molecule has 2 aromatic carbocycles. The second kappa shape index (κ2) is 10.7. The first kappa shape index (κ1) is 21.0. The van der Waals surface area contributed by atoms with E-state index in [-0.39, 0.29) is 0 Å². The molecule has 0 atom stereocenters. The molecule has 0 amide bonds. The largest absolute Gasteiger partial charge is 0.490 e. The molecule has 28 heavy (non-hydrogen) atoms. The van der Waals surface area contributed by atoms with Crippen LogP contribution in [0.15, 0.2) is 36.4 Å². The molecule has 1 aliphatic carbocycles. The van der Waals surface area contributed by atoms with Crippen LogP contribution in [0.4, 0.5) is 0 Å². The minimum atomic E-state index is 0.503. The third-order valence-corrected chi connectivity index (χ3v) is 5.85. The summed E-state index contributed by atoms with van der Waals surface area (Å²) in [6.45, 7) is 5.95. The Kier molecular flexibility index (Phi) is 8.05. The summed E-state index contributed by atoms with van der Waals surface area (Å²) >= 11 is 6.59. The lowest BCUT2D eigenvalue weighted by Crippen LogP contribution is -2.28. The van der Waals surface area contributed by atoms with Gasteiger partial charge in [-0.1, -0.05) is 61.5 Å². The van der Waals surface area contributed by atoms with Crippen molar-refractivity contribution in [2.24, 2.45) is 0 Å². The molecule has 152 valence electrons. The maximum Gasteiger partial charge on any atom is 0.163 e. The van der Waals surface area contributed by atoms with E-state index in [2.05, 4.69) is 24.4 Å². The second-order valence-corrected chi connectivity index (χ2v) is 8.02. The number of benzene rings is 2. The Morgan fingerprint density at radius 2 is 1.68 bits per heavy atom. The zero-order chi connectivity index (χ0) is 19.8. The van der Waals surface area contributed by atoms with Crippen molar-refractivity contribution in [1.29, 1.82) is 0 Å². The molecule has 3 nitrogen and oxygen atoms in total. The summed E-state index contributed by atoms with van der Waals surface area (Å²) in [6, 6.07) is 12.8. The van der Waals surface area contributed by atoms with Crippen molar-refractivity contribution in [3.05, 3.63) is 58.1 Å². The zero-order valence-electron chi connectivity index (χ0n) is 17.1. The number of hydrogen-bond donors (Lipinski definition) is 1. The summed E-state index contributed by atoms with van der Waals surface area (Å²) in [7, 11) is 0. The monoisotopic (exact) mass is 401 g/mol. The molecule has 0 bridgehead atoms. The summed E-state index contributed by atoms with van der Waals surface area (Å²) in [5.74, 6) is 1.46. The molecule has 3 rings (SSSR count). The molecule has 0 heterocycles. The van der Waals surface area contributed by atoms with Crippen LogP contribution in [0.1, 0.15) is 62.1 Å². The van der Waals surface area contributed by atoms with Crippen molar-refractivity contribution in [3.63, 3.8) is 0 Å². The third-order valence-electron chi connectivity index (χ3n) is 5.49. The lowest BCUT2D eigenvalue weighted by atomic mass is 10.1. The Bertz CT molecular complexity index is 754. The van der Waals surface area contributed by atoms with Crippen molar-refractivity contribution in [3.8, 4) is 11.5 Å². The van der Waals surface area contributed by atoms with Crippen LogP contribution in [0.5, 0.6) is 11.5 Å². The molecule has 0 spiro atoms. The minimum Gasteiger partial charge on any atom is -0.490 e. The summed E-state index contributed by atoms with van der Waals surface area (Å²) < 4.78 is 11.9. The molecular formula is C24H32ClNO2. The van der Waals surface area contributed by atoms with Gasteiger partial charge in [0.1, 0.15) is 6.61 Å². The summed E-state index contributed by atoms with van der Waals surface area (Å²) in [5, 5.41) is 4.42. The molecule has 1 saturated carbocycles. The van der Waals surface area contributed by atoms with Crippen molar-refractivity contribution >= 4 is 11.6 Å². The maximum absolute atomic E-state index is 6.59. The van der Waals surface area contributed by atoms with Crippen molar-refractivity contribution < 1.29 is 9.47 Å². The number of ether oxygens (including phenoxy) is 2. The van der Waals surface area contributed by atoms with Gasteiger partial charge in [-0.2, -0.15) is 0 Å². The van der Waals surface area contributed by atoms with Crippen molar-refractivity contribution in [2.75, 3.05) is 6.61 Å².